The lowest BCUT2D eigenvalue weighted by atomic mass is 9.82. The van der Waals surface area contributed by atoms with Crippen LogP contribution in [0.5, 0.6) is 11.5 Å². The Morgan fingerprint density at radius 2 is 1.66 bits per heavy atom. The molecular formula is C35H42N2O6Si. The van der Waals surface area contributed by atoms with Crippen LogP contribution in [0.25, 0.3) is 0 Å². The summed E-state index contributed by atoms with van der Waals surface area (Å²) >= 11 is 0. The molecule has 0 aromatic heterocycles. The predicted octanol–water partition coefficient (Wildman–Crippen LogP) is 4.98. The van der Waals surface area contributed by atoms with E-state index in [1.807, 2.05) is 64.4 Å². The zero-order valence-electron chi connectivity index (χ0n) is 26.2. The van der Waals surface area contributed by atoms with Gasteiger partial charge in [0.15, 0.2) is 5.60 Å². The number of methoxy groups -OCH3 is 2. The summed E-state index contributed by atoms with van der Waals surface area (Å²) in [7, 11) is 1.04. The minimum atomic E-state index is -2.26. The fraction of sp³-hybridized carbons (Fsp3) is 0.429. The van der Waals surface area contributed by atoms with Crippen molar-refractivity contribution in [2.75, 3.05) is 37.2 Å². The molecular weight excluding hydrogens is 572 g/mol. The molecule has 1 spiro atoms. The molecule has 8 nitrogen and oxygen atoms in total. The highest BCUT2D eigenvalue weighted by atomic mass is 28.3. The van der Waals surface area contributed by atoms with Gasteiger partial charge >= 0.3 is 0 Å². The molecule has 3 aromatic rings. The average Bonchev–Trinajstić information content (AvgIpc) is 3.66. The number of hydrogen-bond acceptors (Lipinski definition) is 6. The molecule has 232 valence electrons. The third kappa shape index (κ3) is 4.82. The molecule has 2 fully saturated rings. The van der Waals surface area contributed by atoms with Gasteiger partial charge in [-0.05, 0) is 66.4 Å². The van der Waals surface area contributed by atoms with E-state index in [2.05, 4.69) is 32.2 Å². The molecule has 2 amide bonds. The molecule has 3 aromatic carbocycles. The van der Waals surface area contributed by atoms with Gasteiger partial charge in [-0.3, -0.25) is 9.59 Å². The summed E-state index contributed by atoms with van der Waals surface area (Å²) in [6.07, 6.45) is 1.62. The number of amides is 2. The highest BCUT2D eigenvalue weighted by Crippen LogP contribution is 2.60. The highest BCUT2D eigenvalue weighted by Gasteiger charge is 2.66. The van der Waals surface area contributed by atoms with Crippen LogP contribution in [0, 0.1) is 5.92 Å². The van der Waals surface area contributed by atoms with Gasteiger partial charge in [0.2, 0.25) is 5.91 Å². The normalized spacial score (nSPS) is 24.8. The number of hydrogen-bond donors (Lipinski definition) is 1. The molecule has 3 aliphatic rings. The lowest BCUT2D eigenvalue weighted by Crippen LogP contribution is -2.51. The first-order valence-corrected chi connectivity index (χ1v) is 18.6. The van der Waals surface area contributed by atoms with Gasteiger partial charge in [0.1, 0.15) is 11.5 Å². The van der Waals surface area contributed by atoms with Crippen molar-refractivity contribution in [1.82, 2.24) is 0 Å². The molecule has 1 N–H and O–H groups in total. The third-order valence-corrected chi connectivity index (χ3v) is 14.5. The highest BCUT2D eigenvalue weighted by molar-refractivity contribution is 6.91. The fourth-order valence-electron chi connectivity index (χ4n) is 7.86. The van der Waals surface area contributed by atoms with Gasteiger partial charge in [0.05, 0.1) is 40.6 Å². The van der Waals surface area contributed by atoms with Gasteiger partial charge in [-0.25, -0.2) is 0 Å². The number of benzene rings is 3. The fourth-order valence-corrected chi connectivity index (χ4v) is 11.9. The molecule has 0 unspecified atom stereocenters. The molecule has 3 aliphatic heterocycles. The van der Waals surface area contributed by atoms with Gasteiger partial charge in [-0.15, -0.1) is 0 Å². The van der Waals surface area contributed by atoms with Crippen molar-refractivity contribution >= 4 is 36.4 Å². The van der Waals surface area contributed by atoms with Crippen LogP contribution in [0.15, 0.2) is 66.7 Å². The zero-order valence-corrected chi connectivity index (χ0v) is 27.2. The van der Waals surface area contributed by atoms with Gasteiger partial charge in [0, 0.05) is 36.7 Å². The molecule has 6 rings (SSSR count). The molecule has 0 bridgehead atoms. The van der Waals surface area contributed by atoms with Crippen molar-refractivity contribution in [3.05, 3.63) is 77.9 Å². The van der Waals surface area contributed by atoms with E-state index in [1.54, 1.807) is 14.2 Å². The number of carbonyl (C=O) groups excluding carboxylic acids is 2. The van der Waals surface area contributed by atoms with Crippen molar-refractivity contribution in [2.45, 2.75) is 63.1 Å². The molecule has 0 aliphatic carbocycles. The third-order valence-electron chi connectivity index (χ3n) is 10.1. The Hall–Kier alpha value is -3.66. The maximum absolute atomic E-state index is 14.8. The lowest BCUT2D eigenvalue weighted by molar-refractivity contribution is -0.146. The summed E-state index contributed by atoms with van der Waals surface area (Å²) in [4.78, 5) is 30.7. The molecule has 0 saturated carbocycles. The summed E-state index contributed by atoms with van der Waals surface area (Å²) in [5.74, 6) is 1.38. The Kier molecular flexibility index (Phi) is 8.07. The van der Waals surface area contributed by atoms with Crippen molar-refractivity contribution in [3.63, 3.8) is 0 Å². The van der Waals surface area contributed by atoms with Crippen LogP contribution in [0.3, 0.4) is 0 Å². The Bertz CT molecular complexity index is 1540. The maximum atomic E-state index is 14.8. The minimum absolute atomic E-state index is 0.0220. The average molecular weight is 615 g/mol. The van der Waals surface area contributed by atoms with Crippen LogP contribution in [0.2, 0.25) is 18.6 Å². The van der Waals surface area contributed by atoms with Gasteiger partial charge < -0.3 is 29.1 Å². The Morgan fingerprint density at radius 1 is 0.977 bits per heavy atom. The number of aliphatic hydroxyl groups excluding tert-OH is 1. The summed E-state index contributed by atoms with van der Waals surface area (Å²) in [5.41, 5.74) is 2.34. The number of nitrogens with zero attached hydrogens (tertiary/aromatic N) is 2. The monoisotopic (exact) mass is 614 g/mol. The second kappa shape index (κ2) is 11.7. The Balaban J connectivity index is 1.38. The van der Waals surface area contributed by atoms with Gasteiger partial charge in [0.25, 0.3) is 5.91 Å². The van der Waals surface area contributed by atoms with Crippen LogP contribution >= 0.6 is 0 Å². The number of fused-ring (bicyclic) bond motifs is 2. The van der Waals surface area contributed by atoms with Crippen LogP contribution in [-0.4, -0.2) is 58.5 Å². The van der Waals surface area contributed by atoms with E-state index in [0.29, 0.717) is 25.1 Å². The molecule has 2 saturated heterocycles. The van der Waals surface area contributed by atoms with Crippen molar-refractivity contribution in [2.24, 2.45) is 5.92 Å². The first-order chi connectivity index (χ1) is 21.1. The van der Waals surface area contributed by atoms with E-state index in [1.165, 1.54) is 5.19 Å². The summed E-state index contributed by atoms with van der Waals surface area (Å²) in [6, 6.07) is 22.0. The van der Waals surface area contributed by atoms with Crippen molar-refractivity contribution in [1.29, 1.82) is 0 Å². The number of carbonyl (C=O) groups is 2. The summed E-state index contributed by atoms with van der Waals surface area (Å²) in [6.45, 7) is 7.90. The molecule has 44 heavy (non-hydrogen) atoms. The number of ether oxygens (including phenoxy) is 3. The SMILES string of the molecule is COc1ccc([Si](C)(C)[C@H]2[C@H](CCO)O[C@@]3(C(=O)N(Cc4ccc(N5CCCC5=O)cc4)c4ccc(OC)cc43)[C@@H]2C)cc1. The topological polar surface area (TPSA) is 88.5 Å². The molecule has 3 heterocycles. The van der Waals surface area contributed by atoms with Gasteiger partial charge in [-0.1, -0.05) is 49.5 Å². The van der Waals surface area contributed by atoms with Crippen molar-refractivity contribution < 1.29 is 28.9 Å². The molecule has 4 atom stereocenters. The van der Waals surface area contributed by atoms with E-state index < -0.39 is 13.7 Å². The number of anilines is 2. The van der Waals surface area contributed by atoms with E-state index in [4.69, 9.17) is 14.2 Å². The Morgan fingerprint density at radius 3 is 2.27 bits per heavy atom. The second-order valence-electron chi connectivity index (χ2n) is 12.8. The van der Waals surface area contributed by atoms with Gasteiger partial charge in [-0.2, -0.15) is 0 Å². The Labute approximate surface area is 260 Å². The largest absolute Gasteiger partial charge is 0.497 e. The quantitative estimate of drug-likeness (QED) is 0.343. The molecule has 0 radical (unpaired) electrons. The lowest BCUT2D eigenvalue weighted by Gasteiger charge is -2.37. The van der Waals surface area contributed by atoms with E-state index in [9.17, 15) is 14.7 Å². The first kappa shape index (κ1) is 30.4. The minimum Gasteiger partial charge on any atom is -0.497 e. The van der Waals surface area contributed by atoms with Crippen LogP contribution < -0.4 is 24.5 Å². The summed E-state index contributed by atoms with van der Waals surface area (Å²) < 4.78 is 18.0. The summed E-state index contributed by atoms with van der Waals surface area (Å²) in [5, 5.41) is 11.4. The second-order valence-corrected chi connectivity index (χ2v) is 17.4. The smallest absolute Gasteiger partial charge is 0.264 e. The van der Waals surface area contributed by atoms with Crippen LogP contribution in [0.4, 0.5) is 11.4 Å². The number of aliphatic hydroxyl groups is 1. The van der Waals surface area contributed by atoms with E-state index in [-0.39, 0.29) is 36.0 Å². The van der Waals surface area contributed by atoms with Crippen molar-refractivity contribution in [3.8, 4) is 11.5 Å². The number of rotatable bonds is 9. The van der Waals surface area contributed by atoms with E-state index in [0.717, 1.165) is 41.2 Å². The molecule has 9 heteroatoms. The van der Waals surface area contributed by atoms with Crippen LogP contribution in [0.1, 0.15) is 37.3 Å². The predicted molar refractivity (Wildman–Crippen MR) is 173 cm³/mol. The maximum Gasteiger partial charge on any atom is 0.264 e. The zero-order chi connectivity index (χ0) is 31.2. The van der Waals surface area contributed by atoms with E-state index >= 15 is 0 Å². The first-order valence-electron chi connectivity index (χ1n) is 15.5. The van der Waals surface area contributed by atoms with Crippen LogP contribution in [-0.2, 0) is 26.5 Å². The standard InChI is InChI=1S/C35H42N2O6Si/c1-23-33(44(4,5)28-15-12-26(41-2)13-16-28)31(18-20-38)43-35(23)29-21-27(42-3)14-17-30(29)37(34(35)40)22-24-8-10-25(11-9-24)36-19-6-7-32(36)39/h8-17,21,23,31,33,38H,6-7,18-20,22H2,1-5H3/t23-,31+,33-,35+/m1/s1.